The van der Waals surface area contributed by atoms with Gasteiger partial charge in [0, 0.05) is 41.7 Å². The number of imide groups is 1. The van der Waals surface area contributed by atoms with E-state index >= 15 is 0 Å². The van der Waals surface area contributed by atoms with Gasteiger partial charge in [0.25, 0.3) is 11.8 Å². The molecule has 4 heterocycles. The molecule has 82 heavy (non-hydrogen) atoms. The topological polar surface area (TPSA) is 271 Å². The Kier molecular flexibility index (Phi) is 18.7. The van der Waals surface area contributed by atoms with Crippen molar-refractivity contribution in [2.75, 3.05) is 18.1 Å². The monoisotopic (exact) mass is 1100 g/mol. The minimum atomic E-state index is -1.53. The second-order valence-corrected chi connectivity index (χ2v) is 19.4. The Balaban J connectivity index is 0.000000132. The third-order valence-corrected chi connectivity index (χ3v) is 13.9. The summed E-state index contributed by atoms with van der Waals surface area (Å²) in [4.78, 5) is 43.9. The maximum absolute atomic E-state index is 12.2. The highest BCUT2D eigenvalue weighted by Gasteiger charge is 2.35. The normalized spacial score (nSPS) is 12.7. The van der Waals surface area contributed by atoms with E-state index in [-0.39, 0.29) is 23.9 Å². The number of pyridine rings is 1. The van der Waals surface area contributed by atoms with E-state index in [4.69, 9.17) is 49.7 Å². The molecule has 0 aliphatic carbocycles. The molecule has 3 aliphatic rings. The first-order valence-corrected chi connectivity index (χ1v) is 26.3. The highest BCUT2D eigenvalue weighted by atomic mass is 16.5. The third kappa shape index (κ3) is 14.2. The Hall–Kier alpha value is -8.88. The number of carbonyl (C=O) groups is 3. The number of hydrogen-bond acceptors (Lipinski definition) is 15. The number of carbonyl (C=O) groups excluding carboxylic acids is 2. The van der Waals surface area contributed by atoms with Crippen molar-refractivity contribution >= 4 is 84.7 Å². The van der Waals surface area contributed by atoms with Gasteiger partial charge in [0.15, 0.2) is 0 Å². The molecule has 12 rings (SSSR count). The Morgan fingerprint density at radius 2 is 1.05 bits per heavy atom. The predicted octanol–water partition coefficient (Wildman–Crippen LogP) is 3.86. The standard InChI is InChI=1S/C16H12BNO4.C16H18BNO2.C15H12BNO4.C14H13BO4/c19-16(20)13-9-15(18-14-4-2-1-3-12(13)14)10-5-7-11(8-6-10)17(21)22;19-17(20)15-9-7-13(8-10-15)12-18-11-3-5-14-4-1-2-6-16(14)18;18-14-12-3-1-2-4-13(12)15(19)17(14)9-10-5-7-11(8-6-10)16(20)21;16-15(17)11-1-3-12(4-2-11)19-13-5-6-14-10(9-13)7-8-18-14/h1-9,21-22H,(H,19,20);1-2,4,6-10,19-20H,3,5,11-12H2;1-8,20-21H,9H2;1-6,9,16-17H,7-8H2. The lowest BCUT2D eigenvalue weighted by Gasteiger charge is -2.31. The summed E-state index contributed by atoms with van der Waals surface area (Å²) in [6, 6.07) is 56.7. The summed E-state index contributed by atoms with van der Waals surface area (Å²) >= 11 is 0. The van der Waals surface area contributed by atoms with Gasteiger partial charge in [-0.1, -0.05) is 133 Å². The molecule has 8 aromatic carbocycles. The van der Waals surface area contributed by atoms with Crippen LogP contribution in [0, 0.1) is 0 Å². The number of amides is 2. The van der Waals surface area contributed by atoms with E-state index in [1.807, 2.05) is 30.3 Å². The summed E-state index contributed by atoms with van der Waals surface area (Å²) in [5.41, 5.74) is 10.4. The van der Waals surface area contributed by atoms with Crippen LogP contribution in [0.2, 0.25) is 0 Å². The fraction of sp³-hybridized carbons (Fsp3) is 0.115. The Bertz CT molecular complexity index is 3650. The zero-order valence-corrected chi connectivity index (χ0v) is 44.1. The number of aryl methyl sites for hydroxylation is 1. The van der Waals surface area contributed by atoms with E-state index in [2.05, 4.69) is 34.1 Å². The molecule has 0 spiro atoms. The number of para-hydroxylation sites is 2. The molecular formula is C61H55B4N3O14. The zero-order valence-electron chi connectivity index (χ0n) is 44.1. The van der Waals surface area contributed by atoms with Crippen molar-refractivity contribution in [2.24, 2.45) is 0 Å². The van der Waals surface area contributed by atoms with Crippen molar-refractivity contribution in [2.45, 2.75) is 32.4 Å². The van der Waals surface area contributed by atoms with Gasteiger partial charge < -0.3 is 59.7 Å². The van der Waals surface area contributed by atoms with Gasteiger partial charge in [-0.25, -0.2) is 9.78 Å². The third-order valence-electron chi connectivity index (χ3n) is 13.9. The van der Waals surface area contributed by atoms with E-state index in [0.717, 1.165) is 55.2 Å². The average molecular weight is 1100 g/mol. The van der Waals surface area contributed by atoms with Crippen molar-refractivity contribution in [3.63, 3.8) is 0 Å². The Labute approximate surface area is 473 Å². The molecule has 9 aromatic rings. The molecule has 17 nitrogen and oxygen atoms in total. The minimum Gasteiger partial charge on any atom is -0.493 e. The van der Waals surface area contributed by atoms with Crippen molar-refractivity contribution in [3.8, 4) is 28.5 Å². The Morgan fingerprint density at radius 3 is 1.63 bits per heavy atom. The second kappa shape index (κ2) is 26.6. The number of anilines is 1. The number of nitrogens with zero attached hydrogens (tertiary/aromatic N) is 3. The van der Waals surface area contributed by atoms with Gasteiger partial charge in [-0.05, 0) is 112 Å². The van der Waals surface area contributed by atoms with Crippen LogP contribution in [0.4, 0.5) is 5.69 Å². The van der Waals surface area contributed by atoms with E-state index < -0.39 is 34.4 Å². The molecule has 0 radical (unpaired) electrons. The number of aromatic nitrogens is 1. The van der Waals surface area contributed by atoms with Gasteiger partial charge in [0.2, 0.25) is 0 Å². The average Bonchev–Trinajstić information content (AvgIpc) is 4.18. The fourth-order valence-corrected chi connectivity index (χ4v) is 9.55. The van der Waals surface area contributed by atoms with Gasteiger partial charge >= 0.3 is 34.4 Å². The quantitative estimate of drug-likeness (QED) is 0.0621. The molecule has 0 fully saturated rings. The molecule has 0 saturated heterocycles. The lowest BCUT2D eigenvalue weighted by molar-refractivity contribution is 0.0639. The number of rotatable bonds is 12. The number of fused-ring (bicyclic) bond motifs is 4. The van der Waals surface area contributed by atoms with Crippen LogP contribution < -0.4 is 36.2 Å². The van der Waals surface area contributed by atoms with Crippen LogP contribution in [0.15, 0.2) is 194 Å². The largest absolute Gasteiger partial charge is 0.493 e. The highest BCUT2D eigenvalue weighted by molar-refractivity contribution is 6.59. The van der Waals surface area contributed by atoms with Crippen LogP contribution >= 0.6 is 0 Å². The molecule has 1 aromatic heterocycles. The van der Waals surface area contributed by atoms with Crippen LogP contribution in [-0.2, 0) is 25.9 Å². The van der Waals surface area contributed by atoms with Crippen LogP contribution in [0.25, 0.3) is 22.2 Å². The zero-order chi connectivity index (χ0) is 57.9. The first kappa shape index (κ1) is 57.8. The van der Waals surface area contributed by atoms with Crippen LogP contribution in [0.3, 0.4) is 0 Å². The van der Waals surface area contributed by atoms with Crippen molar-refractivity contribution in [3.05, 3.63) is 233 Å². The van der Waals surface area contributed by atoms with E-state index in [1.165, 1.54) is 34.2 Å². The maximum Gasteiger partial charge on any atom is 0.488 e. The van der Waals surface area contributed by atoms with Crippen molar-refractivity contribution in [1.82, 2.24) is 9.88 Å². The van der Waals surface area contributed by atoms with Gasteiger partial charge in [-0.2, -0.15) is 0 Å². The summed E-state index contributed by atoms with van der Waals surface area (Å²) < 4.78 is 11.2. The highest BCUT2D eigenvalue weighted by Crippen LogP contribution is 2.32. The van der Waals surface area contributed by atoms with Gasteiger partial charge in [0.05, 0.1) is 41.1 Å². The van der Waals surface area contributed by atoms with Crippen LogP contribution in [0.5, 0.6) is 17.2 Å². The predicted molar refractivity (Wildman–Crippen MR) is 315 cm³/mol. The van der Waals surface area contributed by atoms with Crippen molar-refractivity contribution < 1.29 is 69.2 Å². The number of carboxylic acid groups (broad SMARTS) is 1. The first-order valence-electron chi connectivity index (χ1n) is 26.3. The lowest BCUT2D eigenvalue weighted by Crippen LogP contribution is -2.31. The van der Waals surface area contributed by atoms with Crippen LogP contribution in [-0.4, -0.2) is 115 Å². The summed E-state index contributed by atoms with van der Waals surface area (Å²) in [6.45, 7) is 2.82. The Morgan fingerprint density at radius 1 is 0.537 bits per heavy atom. The molecule has 2 amide bonds. The summed E-state index contributed by atoms with van der Waals surface area (Å²) in [6.07, 6.45) is 3.24. The maximum atomic E-state index is 12.2. The second-order valence-electron chi connectivity index (χ2n) is 19.4. The molecular weight excluding hydrogens is 1040 g/mol. The van der Waals surface area contributed by atoms with Crippen molar-refractivity contribution in [1.29, 1.82) is 0 Å². The first-order chi connectivity index (χ1) is 39.6. The molecule has 0 bridgehead atoms. The number of benzene rings is 8. The van der Waals surface area contributed by atoms with E-state index in [0.29, 0.717) is 60.9 Å². The molecule has 0 saturated carbocycles. The van der Waals surface area contributed by atoms with Gasteiger partial charge in [-0.15, -0.1) is 0 Å². The van der Waals surface area contributed by atoms with Gasteiger partial charge in [0.1, 0.15) is 17.2 Å². The van der Waals surface area contributed by atoms with Crippen LogP contribution in [0.1, 0.15) is 59.7 Å². The van der Waals surface area contributed by atoms with Gasteiger partial charge in [-0.3, -0.25) is 14.5 Å². The van der Waals surface area contributed by atoms with E-state index in [1.54, 1.807) is 133 Å². The summed E-state index contributed by atoms with van der Waals surface area (Å²) in [5.74, 6) is 0.710. The number of hydrogen-bond donors (Lipinski definition) is 9. The SMILES string of the molecule is O=C(O)c1cc(-c2ccc(B(O)O)cc2)nc2ccccc12.O=C1c2ccccc2C(=O)N1Cc1ccc(B(O)O)cc1.OB(O)c1ccc(CN2CCCc3ccccc32)cc1.OB(O)c1ccc(Oc2ccc3c(c2)CCO3)cc1. The summed E-state index contributed by atoms with van der Waals surface area (Å²) in [7, 11) is -5.91. The minimum absolute atomic E-state index is 0.161. The molecule has 3 aliphatic heterocycles. The number of ether oxygens (including phenoxy) is 2. The number of aromatic carboxylic acids is 1. The fourth-order valence-electron chi connectivity index (χ4n) is 9.55. The molecule has 9 N–H and O–H groups in total. The smallest absolute Gasteiger partial charge is 0.488 e. The lowest BCUT2D eigenvalue weighted by atomic mass is 9.80. The number of carboxylic acids is 1. The molecule has 21 heteroatoms. The molecule has 0 atom stereocenters. The molecule has 410 valence electrons. The molecule has 0 unspecified atom stereocenters. The van der Waals surface area contributed by atoms with E-state index in [9.17, 15) is 19.5 Å². The summed E-state index contributed by atoms with van der Waals surface area (Å²) in [5, 5.41) is 82.5.